The van der Waals surface area contributed by atoms with Crippen LogP contribution in [0.15, 0.2) is 41.3 Å². The van der Waals surface area contributed by atoms with Gasteiger partial charge in [-0.25, -0.2) is 22.3 Å². The topological polar surface area (TPSA) is 141 Å². The standard InChI is InChI=1S/C31H44ClFN4O7S/c1-31(2,3)44-30(38)36-22-5-4-12-37(20-22)28-19-25-26(17-21(32)18-27(25)33)29(28)43-23-6-8-24(9-7-23)45(39,40)35-11-14-42-16-15-41-13-10-34/h6-9,17-18,22,28-29,35H,4-5,10-16,19-20,34H2,1-3H3,(H,36,38)/t22?,28-,29-/m0/s1. The molecule has 1 aliphatic carbocycles. The molecule has 0 saturated carbocycles. The van der Waals surface area contributed by atoms with Crippen molar-refractivity contribution in [2.24, 2.45) is 5.73 Å². The molecule has 4 rings (SSSR count). The fraction of sp³-hybridized carbons (Fsp3) is 0.581. The third-order valence-corrected chi connectivity index (χ3v) is 9.17. The van der Waals surface area contributed by atoms with E-state index >= 15 is 4.39 Å². The number of ether oxygens (including phenoxy) is 4. The first-order valence-electron chi connectivity index (χ1n) is 15.2. The van der Waals surface area contributed by atoms with Crippen LogP contribution in [0, 0.1) is 5.82 Å². The molecule has 11 nitrogen and oxygen atoms in total. The predicted octanol–water partition coefficient (Wildman–Crippen LogP) is 3.78. The summed E-state index contributed by atoms with van der Waals surface area (Å²) in [5.74, 6) is 0.0343. The number of alkyl carbamates (subject to hydrolysis) is 1. The number of rotatable bonds is 14. The Morgan fingerprint density at radius 3 is 2.51 bits per heavy atom. The smallest absolute Gasteiger partial charge is 0.407 e. The van der Waals surface area contributed by atoms with Crippen molar-refractivity contribution in [2.75, 3.05) is 52.6 Å². The number of sulfonamides is 1. The van der Waals surface area contributed by atoms with Crippen LogP contribution in [-0.2, 0) is 30.7 Å². The van der Waals surface area contributed by atoms with Gasteiger partial charge < -0.3 is 30.0 Å². The Morgan fingerprint density at radius 1 is 1.11 bits per heavy atom. The van der Waals surface area contributed by atoms with Gasteiger partial charge in [0, 0.05) is 36.3 Å². The van der Waals surface area contributed by atoms with Crippen LogP contribution in [0.25, 0.3) is 0 Å². The maximum Gasteiger partial charge on any atom is 0.407 e. The van der Waals surface area contributed by atoms with Crippen LogP contribution >= 0.6 is 11.6 Å². The summed E-state index contributed by atoms with van der Waals surface area (Å²) in [4.78, 5) is 14.7. The maximum absolute atomic E-state index is 15.1. The Balaban J connectivity index is 1.42. The number of halogens is 2. The molecule has 1 unspecified atom stereocenters. The molecule has 2 aliphatic rings. The number of fused-ring (bicyclic) bond motifs is 1. The van der Waals surface area contributed by atoms with Gasteiger partial charge in [0.1, 0.15) is 23.3 Å². The highest BCUT2D eigenvalue weighted by atomic mass is 35.5. The second kappa shape index (κ2) is 15.9. The molecular formula is C31H44ClFN4O7S. The van der Waals surface area contributed by atoms with Crippen molar-refractivity contribution in [3.05, 3.63) is 58.4 Å². The lowest BCUT2D eigenvalue weighted by Crippen LogP contribution is -2.53. The van der Waals surface area contributed by atoms with Gasteiger partial charge in [0.05, 0.1) is 37.4 Å². The van der Waals surface area contributed by atoms with E-state index in [1.165, 1.54) is 18.2 Å². The van der Waals surface area contributed by atoms with Crippen molar-refractivity contribution < 1.29 is 36.6 Å². The molecule has 0 spiro atoms. The van der Waals surface area contributed by atoms with Crippen molar-refractivity contribution in [2.45, 2.75) is 68.7 Å². The van der Waals surface area contributed by atoms with Crippen LogP contribution in [0.4, 0.5) is 9.18 Å². The first kappa shape index (κ1) is 35.3. The highest BCUT2D eigenvalue weighted by Gasteiger charge is 2.41. The first-order valence-corrected chi connectivity index (χ1v) is 17.1. The number of carbonyl (C=O) groups is 1. The van der Waals surface area contributed by atoms with E-state index in [2.05, 4.69) is 14.9 Å². The number of likely N-dealkylation sites (tertiary alicyclic amines) is 1. The van der Waals surface area contributed by atoms with Crippen LogP contribution in [-0.4, -0.2) is 89.7 Å². The lowest BCUT2D eigenvalue weighted by Gasteiger charge is -2.39. The number of carbonyl (C=O) groups excluding carboxylic acids is 1. The monoisotopic (exact) mass is 670 g/mol. The number of piperidine rings is 1. The molecule has 1 heterocycles. The summed E-state index contributed by atoms with van der Waals surface area (Å²) >= 11 is 6.26. The number of nitrogens with zero attached hydrogens (tertiary/aromatic N) is 1. The van der Waals surface area contributed by atoms with E-state index in [-0.39, 0.29) is 35.2 Å². The molecule has 1 fully saturated rings. The largest absolute Gasteiger partial charge is 0.484 e. The normalized spacial score (nSPS) is 20.5. The minimum Gasteiger partial charge on any atom is -0.484 e. The Bertz CT molecular complexity index is 1390. The van der Waals surface area contributed by atoms with Gasteiger partial charge in [0.25, 0.3) is 0 Å². The second-order valence-electron chi connectivity index (χ2n) is 12.1. The van der Waals surface area contributed by atoms with Gasteiger partial charge in [0.2, 0.25) is 10.0 Å². The predicted molar refractivity (Wildman–Crippen MR) is 169 cm³/mol. The van der Waals surface area contributed by atoms with Crippen LogP contribution < -0.4 is 20.5 Å². The lowest BCUT2D eigenvalue weighted by molar-refractivity contribution is 0.0361. The average Bonchev–Trinajstić information content (AvgIpc) is 3.32. The zero-order valence-corrected chi connectivity index (χ0v) is 27.6. The Morgan fingerprint density at radius 2 is 1.82 bits per heavy atom. The number of nitrogens with two attached hydrogens (primary N) is 1. The molecule has 250 valence electrons. The van der Waals surface area contributed by atoms with Crippen molar-refractivity contribution in [3.63, 3.8) is 0 Å². The van der Waals surface area contributed by atoms with Gasteiger partial charge in [-0.05, 0) is 88.5 Å². The Kier molecular flexibility index (Phi) is 12.4. The van der Waals surface area contributed by atoms with Crippen LogP contribution in [0.3, 0.4) is 0 Å². The fourth-order valence-electron chi connectivity index (χ4n) is 5.56. The van der Waals surface area contributed by atoms with E-state index in [1.54, 1.807) is 18.2 Å². The van der Waals surface area contributed by atoms with Gasteiger partial charge in [-0.2, -0.15) is 0 Å². The second-order valence-corrected chi connectivity index (χ2v) is 14.3. The molecule has 1 amide bonds. The third-order valence-electron chi connectivity index (χ3n) is 7.48. The van der Waals surface area contributed by atoms with Crippen LogP contribution in [0.2, 0.25) is 5.02 Å². The fourth-order valence-corrected chi connectivity index (χ4v) is 6.79. The molecule has 3 atom stereocenters. The molecule has 0 bridgehead atoms. The zero-order chi connectivity index (χ0) is 32.6. The SMILES string of the molecule is CC(C)(C)OC(=O)NC1CCCN([C@H]2Cc3c(F)cc(Cl)cc3[C@@H]2Oc2ccc(S(=O)(=O)NCCOCCOCCN)cc2)C1. The minimum atomic E-state index is -3.77. The van der Waals surface area contributed by atoms with Crippen molar-refractivity contribution in [1.82, 2.24) is 14.9 Å². The van der Waals surface area contributed by atoms with Gasteiger partial charge in [0.15, 0.2) is 0 Å². The maximum atomic E-state index is 15.1. The number of benzene rings is 2. The first-order chi connectivity index (χ1) is 21.4. The minimum absolute atomic E-state index is 0.0747. The quantitative estimate of drug-likeness (QED) is 0.256. The van der Waals surface area contributed by atoms with E-state index in [4.69, 9.17) is 36.3 Å². The van der Waals surface area contributed by atoms with Gasteiger partial charge in [-0.1, -0.05) is 11.6 Å². The summed E-state index contributed by atoms with van der Waals surface area (Å²) < 4.78 is 65.7. The van der Waals surface area contributed by atoms with E-state index < -0.39 is 33.6 Å². The molecule has 4 N–H and O–H groups in total. The number of hydrogen-bond acceptors (Lipinski definition) is 9. The van der Waals surface area contributed by atoms with E-state index in [1.807, 2.05) is 20.8 Å². The van der Waals surface area contributed by atoms with Crippen molar-refractivity contribution >= 4 is 27.7 Å². The van der Waals surface area contributed by atoms with Crippen LogP contribution in [0.5, 0.6) is 5.75 Å². The highest BCUT2D eigenvalue weighted by Crippen LogP contribution is 2.41. The number of amides is 1. The zero-order valence-electron chi connectivity index (χ0n) is 26.0. The van der Waals surface area contributed by atoms with Crippen LogP contribution in [0.1, 0.15) is 50.8 Å². The third kappa shape index (κ3) is 10.2. The van der Waals surface area contributed by atoms with E-state index in [9.17, 15) is 13.2 Å². The summed E-state index contributed by atoms with van der Waals surface area (Å²) in [6.07, 6.45) is 0.982. The average molecular weight is 671 g/mol. The van der Waals surface area contributed by atoms with E-state index in [0.717, 1.165) is 19.4 Å². The summed E-state index contributed by atoms with van der Waals surface area (Å²) in [7, 11) is -3.77. The number of nitrogens with one attached hydrogen (secondary N) is 2. The molecule has 1 saturated heterocycles. The molecule has 2 aromatic carbocycles. The number of hydrogen-bond donors (Lipinski definition) is 3. The molecule has 1 aliphatic heterocycles. The highest BCUT2D eigenvalue weighted by molar-refractivity contribution is 7.89. The van der Waals surface area contributed by atoms with Gasteiger partial charge >= 0.3 is 6.09 Å². The molecule has 45 heavy (non-hydrogen) atoms. The van der Waals surface area contributed by atoms with Gasteiger partial charge in [-0.3, -0.25) is 4.90 Å². The lowest BCUT2D eigenvalue weighted by atomic mass is 10.0. The van der Waals surface area contributed by atoms with Crippen molar-refractivity contribution in [3.8, 4) is 5.75 Å². The molecule has 14 heteroatoms. The summed E-state index contributed by atoms with van der Waals surface area (Å²) in [6.45, 7) is 8.62. The molecular weight excluding hydrogens is 627 g/mol. The van der Waals surface area contributed by atoms with Crippen molar-refractivity contribution in [1.29, 1.82) is 0 Å². The molecule has 0 aromatic heterocycles. The van der Waals surface area contributed by atoms with Gasteiger partial charge in [-0.15, -0.1) is 0 Å². The Labute approximate surface area is 269 Å². The molecule has 0 radical (unpaired) electrons. The summed E-state index contributed by atoms with van der Waals surface area (Å²) in [5, 5.41) is 3.23. The Hall–Kier alpha value is -2.52. The summed E-state index contributed by atoms with van der Waals surface area (Å²) in [5.41, 5.74) is 5.93. The van der Waals surface area contributed by atoms with E-state index in [0.29, 0.717) is 56.2 Å². The summed E-state index contributed by atoms with van der Waals surface area (Å²) in [6, 6.07) is 8.74. The molecule has 2 aromatic rings.